The molecule has 1 saturated heterocycles. The predicted molar refractivity (Wildman–Crippen MR) is 107 cm³/mol. The summed E-state index contributed by atoms with van der Waals surface area (Å²) in [6.45, 7) is 3.23. The van der Waals surface area contributed by atoms with Crippen molar-refractivity contribution in [2.24, 2.45) is 5.73 Å². The van der Waals surface area contributed by atoms with Crippen molar-refractivity contribution in [2.75, 3.05) is 36.5 Å². The Hall–Kier alpha value is -2.90. The SMILES string of the molecule is NC(=O)[C@@H](O)c1ccc(CCC(=O)Nc2ccc(N3CCOCC3)cc2)cc1. The second-order valence-corrected chi connectivity index (χ2v) is 6.74. The van der Waals surface area contributed by atoms with Gasteiger partial charge in [0.2, 0.25) is 5.91 Å². The molecule has 0 radical (unpaired) electrons. The Bertz CT molecular complexity index is 799. The van der Waals surface area contributed by atoms with Crippen molar-refractivity contribution in [2.45, 2.75) is 18.9 Å². The largest absolute Gasteiger partial charge is 0.378 e. The Labute approximate surface area is 164 Å². The lowest BCUT2D eigenvalue weighted by Gasteiger charge is -2.28. The molecular formula is C21H25N3O4. The molecule has 148 valence electrons. The average Bonchev–Trinajstić information content (AvgIpc) is 2.73. The highest BCUT2D eigenvalue weighted by Crippen LogP contribution is 2.19. The molecule has 2 amide bonds. The Kier molecular flexibility index (Phi) is 6.62. The maximum absolute atomic E-state index is 12.2. The van der Waals surface area contributed by atoms with Crippen molar-refractivity contribution in [3.05, 3.63) is 59.7 Å². The molecule has 0 bridgehead atoms. The number of aliphatic hydroxyl groups is 1. The number of carbonyl (C=O) groups excluding carboxylic acids is 2. The van der Waals surface area contributed by atoms with Crippen molar-refractivity contribution in [3.63, 3.8) is 0 Å². The Morgan fingerprint density at radius 2 is 1.71 bits per heavy atom. The molecule has 2 aromatic rings. The van der Waals surface area contributed by atoms with Crippen molar-refractivity contribution in [1.29, 1.82) is 0 Å². The molecular weight excluding hydrogens is 358 g/mol. The molecule has 2 aromatic carbocycles. The lowest BCUT2D eigenvalue weighted by atomic mass is 10.0. The molecule has 1 atom stereocenters. The number of benzene rings is 2. The van der Waals surface area contributed by atoms with Gasteiger partial charge in [0.25, 0.3) is 5.91 Å². The van der Waals surface area contributed by atoms with Crippen LogP contribution < -0.4 is 16.0 Å². The van der Waals surface area contributed by atoms with Crippen LogP contribution in [0.3, 0.4) is 0 Å². The van der Waals surface area contributed by atoms with E-state index in [4.69, 9.17) is 10.5 Å². The summed E-state index contributed by atoms with van der Waals surface area (Å²) in [4.78, 5) is 25.5. The summed E-state index contributed by atoms with van der Waals surface area (Å²) in [7, 11) is 0. The first-order chi connectivity index (χ1) is 13.5. The average molecular weight is 383 g/mol. The third kappa shape index (κ3) is 5.31. The van der Waals surface area contributed by atoms with Gasteiger partial charge in [0.15, 0.2) is 6.10 Å². The fourth-order valence-corrected chi connectivity index (χ4v) is 3.09. The molecule has 0 spiro atoms. The molecule has 7 nitrogen and oxygen atoms in total. The molecule has 4 N–H and O–H groups in total. The number of aryl methyl sites for hydroxylation is 1. The number of morpholine rings is 1. The van der Waals surface area contributed by atoms with E-state index in [1.54, 1.807) is 24.3 Å². The van der Waals surface area contributed by atoms with Crippen molar-refractivity contribution < 1.29 is 19.4 Å². The molecule has 0 unspecified atom stereocenters. The number of anilines is 2. The number of carbonyl (C=O) groups is 2. The van der Waals surface area contributed by atoms with Gasteiger partial charge < -0.3 is 25.8 Å². The number of primary amides is 1. The standard InChI is InChI=1S/C21H25N3O4/c22-21(27)20(26)16-4-1-15(2-5-16)3-10-19(25)23-17-6-8-18(9-7-17)24-11-13-28-14-12-24/h1-2,4-9,20,26H,3,10-14H2,(H2,22,27)(H,23,25)/t20-/m0/s1. The number of nitrogens with one attached hydrogen (secondary N) is 1. The molecule has 0 saturated carbocycles. The number of aliphatic hydroxyl groups excluding tert-OH is 1. The smallest absolute Gasteiger partial charge is 0.250 e. The zero-order valence-corrected chi connectivity index (χ0v) is 15.6. The monoisotopic (exact) mass is 383 g/mol. The van der Waals surface area contributed by atoms with E-state index in [1.165, 1.54) is 0 Å². The zero-order chi connectivity index (χ0) is 19.9. The number of hydrogen-bond donors (Lipinski definition) is 3. The minimum absolute atomic E-state index is 0.0691. The van der Waals surface area contributed by atoms with Gasteiger partial charge in [-0.2, -0.15) is 0 Å². The highest BCUT2D eigenvalue weighted by molar-refractivity contribution is 5.91. The van der Waals surface area contributed by atoms with Gasteiger partial charge >= 0.3 is 0 Å². The van der Waals surface area contributed by atoms with Crippen LogP contribution >= 0.6 is 0 Å². The van der Waals surface area contributed by atoms with Gasteiger partial charge in [0.1, 0.15) is 0 Å². The lowest BCUT2D eigenvalue weighted by Crippen LogP contribution is -2.36. The van der Waals surface area contributed by atoms with Crippen LogP contribution in [0.1, 0.15) is 23.7 Å². The third-order valence-corrected chi connectivity index (χ3v) is 4.73. The quantitative estimate of drug-likeness (QED) is 0.674. The van der Waals surface area contributed by atoms with E-state index in [2.05, 4.69) is 10.2 Å². The maximum atomic E-state index is 12.2. The molecule has 1 fully saturated rings. The van der Waals surface area contributed by atoms with Gasteiger partial charge in [-0.25, -0.2) is 0 Å². The summed E-state index contributed by atoms with van der Waals surface area (Å²) >= 11 is 0. The topological polar surface area (TPSA) is 105 Å². The van der Waals surface area contributed by atoms with Crippen LogP contribution in [0.5, 0.6) is 0 Å². The first-order valence-electron chi connectivity index (χ1n) is 9.32. The van der Waals surface area contributed by atoms with E-state index in [-0.39, 0.29) is 5.91 Å². The van der Waals surface area contributed by atoms with E-state index >= 15 is 0 Å². The van der Waals surface area contributed by atoms with Crippen LogP contribution in [0, 0.1) is 0 Å². The van der Waals surface area contributed by atoms with Crippen LogP contribution in [0.25, 0.3) is 0 Å². The van der Waals surface area contributed by atoms with Gasteiger partial charge in [-0.3, -0.25) is 9.59 Å². The van der Waals surface area contributed by atoms with Crippen LogP contribution in [-0.2, 0) is 20.7 Å². The normalized spacial score (nSPS) is 15.1. The van der Waals surface area contributed by atoms with E-state index < -0.39 is 12.0 Å². The number of amides is 2. The summed E-state index contributed by atoms with van der Waals surface area (Å²) < 4.78 is 5.36. The Morgan fingerprint density at radius 1 is 1.07 bits per heavy atom. The zero-order valence-electron chi connectivity index (χ0n) is 15.6. The summed E-state index contributed by atoms with van der Waals surface area (Å²) in [5.41, 5.74) is 8.36. The maximum Gasteiger partial charge on any atom is 0.250 e. The predicted octanol–water partition coefficient (Wildman–Crippen LogP) is 1.61. The highest BCUT2D eigenvalue weighted by atomic mass is 16.5. The second kappa shape index (κ2) is 9.34. The number of rotatable bonds is 7. The van der Waals surface area contributed by atoms with Gasteiger partial charge in [-0.1, -0.05) is 24.3 Å². The molecule has 1 aliphatic heterocycles. The fraction of sp³-hybridized carbons (Fsp3) is 0.333. The highest BCUT2D eigenvalue weighted by Gasteiger charge is 2.13. The van der Waals surface area contributed by atoms with E-state index in [0.717, 1.165) is 43.2 Å². The molecule has 1 aliphatic rings. The summed E-state index contributed by atoms with van der Waals surface area (Å²) in [5, 5.41) is 12.5. The molecule has 28 heavy (non-hydrogen) atoms. The van der Waals surface area contributed by atoms with Gasteiger partial charge in [-0.05, 0) is 41.8 Å². The minimum Gasteiger partial charge on any atom is -0.378 e. The van der Waals surface area contributed by atoms with Gasteiger partial charge in [-0.15, -0.1) is 0 Å². The van der Waals surface area contributed by atoms with E-state index in [0.29, 0.717) is 18.4 Å². The molecule has 3 rings (SSSR count). The van der Waals surface area contributed by atoms with Crippen molar-refractivity contribution in [1.82, 2.24) is 0 Å². The van der Waals surface area contributed by atoms with Gasteiger partial charge in [0, 0.05) is 30.9 Å². The van der Waals surface area contributed by atoms with E-state index in [9.17, 15) is 14.7 Å². The minimum atomic E-state index is -1.31. The molecule has 0 aliphatic carbocycles. The summed E-state index contributed by atoms with van der Waals surface area (Å²) in [6.07, 6.45) is -0.411. The number of ether oxygens (including phenoxy) is 1. The van der Waals surface area contributed by atoms with Crippen LogP contribution in [0.4, 0.5) is 11.4 Å². The van der Waals surface area contributed by atoms with Crippen molar-refractivity contribution >= 4 is 23.2 Å². The fourth-order valence-electron chi connectivity index (χ4n) is 3.09. The van der Waals surface area contributed by atoms with Crippen LogP contribution in [0.15, 0.2) is 48.5 Å². The molecule has 1 heterocycles. The Morgan fingerprint density at radius 3 is 2.32 bits per heavy atom. The first kappa shape index (κ1) is 19.9. The first-order valence-corrected chi connectivity index (χ1v) is 9.32. The lowest BCUT2D eigenvalue weighted by molar-refractivity contribution is -0.126. The number of hydrogen-bond acceptors (Lipinski definition) is 5. The molecule has 0 aromatic heterocycles. The molecule has 7 heteroatoms. The number of nitrogens with zero attached hydrogens (tertiary/aromatic N) is 1. The summed E-state index contributed by atoms with van der Waals surface area (Å²) in [6, 6.07) is 14.7. The van der Waals surface area contributed by atoms with E-state index in [1.807, 2.05) is 24.3 Å². The van der Waals surface area contributed by atoms with Crippen molar-refractivity contribution in [3.8, 4) is 0 Å². The van der Waals surface area contributed by atoms with Gasteiger partial charge in [0.05, 0.1) is 13.2 Å². The van der Waals surface area contributed by atoms with Crippen LogP contribution in [-0.4, -0.2) is 43.2 Å². The number of nitrogens with two attached hydrogens (primary N) is 1. The Balaban J connectivity index is 1.48. The second-order valence-electron chi connectivity index (χ2n) is 6.74. The third-order valence-electron chi connectivity index (χ3n) is 4.73. The van der Waals surface area contributed by atoms with Crippen LogP contribution in [0.2, 0.25) is 0 Å². The summed E-state index contributed by atoms with van der Waals surface area (Å²) in [5.74, 6) is -0.855.